The molecular formula is C27H31ClN4O5. The number of aryl methyl sites for hydroxylation is 1. The van der Waals surface area contributed by atoms with Gasteiger partial charge in [0.1, 0.15) is 6.04 Å². The van der Waals surface area contributed by atoms with E-state index in [4.69, 9.17) is 16.3 Å². The molecule has 196 valence electrons. The molecule has 0 radical (unpaired) electrons. The molecule has 4 amide bonds. The zero-order valence-electron chi connectivity index (χ0n) is 20.8. The molecule has 2 aromatic rings. The zero-order valence-corrected chi connectivity index (χ0v) is 21.5. The molecule has 4 rings (SSSR count). The molecule has 2 aliphatic rings. The number of nitrogens with one attached hydrogen (secondary N) is 3. The smallest absolute Gasteiger partial charge is 0.255 e. The molecule has 1 fully saturated rings. The Morgan fingerprint density at radius 2 is 2.00 bits per heavy atom. The summed E-state index contributed by atoms with van der Waals surface area (Å²) in [7, 11) is 1.89. The van der Waals surface area contributed by atoms with E-state index < -0.39 is 11.9 Å². The maximum Gasteiger partial charge on any atom is 0.255 e. The number of piperidine rings is 1. The number of ether oxygens (including phenoxy) is 1. The Morgan fingerprint density at radius 3 is 2.76 bits per heavy atom. The number of hydrogen-bond donors (Lipinski definition) is 3. The number of amides is 4. The Morgan fingerprint density at radius 1 is 1.16 bits per heavy atom. The predicted octanol–water partition coefficient (Wildman–Crippen LogP) is 2.45. The van der Waals surface area contributed by atoms with E-state index in [1.807, 2.05) is 25.2 Å². The first-order valence-electron chi connectivity index (χ1n) is 12.4. The van der Waals surface area contributed by atoms with Crippen LogP contribution in [-0.4, -0.2) is 61.4 Å². The van der Waals surface area contributed by atoms with E-state index in [9.17, 15) is 19.2 Å². The Balaban J connectivity index is 1.30. The third-order valence-electron chi connectivity index (χ3n) is 6.52. The summed E-state index contributed by atoms with van der Waals surface area (Å²) in [6, 6.07) is 10.1. The van der Waals surface area contributed by atoms with Gasteiger partial charge in [-0.15, -0.1) is 0 Å². The van der Waals surface area contributed by atoms with Gasteiger partial charge in [0.2, 0.25) is 17.7 Å². The van der Waals surface area contributed by atoms with Crippen LogP contribution in [0.4, 0.5) is 5.69 Å². The zero-order chi connectivity index (χ0) is 26.4. The Labute approximate surface area is 220 Å². The molecule has 0 saturated carbocycles. The number of nitrogens with zero attached hydrogens (tertiary/aromatic N) is 1. The van der Waals surface area contributed by atoms with Gasteiger partial charge >= 0.3 is 0 Å². The number of halogens is 1. The van der Waals surface area contributed by atoms with Crippen molar-refractivity contribution in [1.29, 1.82) is 0 Å². The standard InChI is InChI=1S/C27H31ClN4O5/c1-29-10-12-37-11-2-3-18-5-6-20(15-22(18)28)30-25(34)14-17-4-7-21-19(13-17)16-32(27(21)36)23-8-9-24(33)31-26(23)35/h4-7,13,15,23,29H,2-3,8-12,14,16H2,1H3,(H,30,34)(H,31,33,35). The summed E-state index contributed by atoms with van der Waals surface area (Å²) in [5, 5.41) is 8.81. The maximum absolute atomic E-state index is 12.8. The number of imide groups is 1. The number of fused-ring (bicyclic) bond motifs is 1. The first-order valence-corrected chi connectivity index (χ1v) is 12.8. The van der Waals surface area contributed by atoms with Gasteiger partial charge in [0.05, 0.1) is 13.0 Å². The van der Waals surface area contributed by atoms with Gasteiger partial charge in [0.15, 0.2) is 0 Å². The van der Waals surface area contributed by atoms with Crippen molar-refractivity contribution >= 4 is 40.9 Å². The average molecular weight is 527 g/mol. The molecule has 2 aromatic carbocycles. The summed E-state index contributed by atoms with van der Waals surface area (Å²) in [5.74, 6) is -1.20. The van der Waals surface area contributed by atoms with Crippen LogP contribution >= 0.6 is 11.6 Å². The van der Waals surface area contributed by atoms with Crippen molar-refractivity contribution in [1.82, 2.24) is 15.5 Å². The van der Waals surface area contributed by atoms with Crippen LogP contribution < -0.4 is 16.0 Å². The number of likely N-dealkylation sites (N-methyl/N-ethyl adjacent to an activating group) is 1. The molecule has 1 unspecified atom stereocenters. The molecule has 0 bridgehead atoms. The van der Waals surface area contributed by atoms with Gasteiger partial charge in [-0.3, -0.25) is 24.5 Å². The van der Waals surface area contributed by atoms with Crippen LogP contribution in [0.15, 0.2) is 36.4 Å². The summed E-state index contributed by atoms with van der Waals surface area (Å²) in [6.45, 7) is 2.43. The second kappa shape index (κ2) is 12.3. The van der Waals surface area contributed by atoms with Gasteiger partial charge in [-0.05, 0) is 61.2 Å². The normalized spacial score (nSPS) is 17.1. The minimum Gasteiger partial charge on any atom is -0.380 e. The lowest BCUT2D eigenvalue weighted by Crippen LogP contribution is -2.52. The van der Waals surface area contributed by atoms with Crippen LogP contribution in [0.3, 0.4) is 0 Å². The number of anilines is 1. The van der Waals surface area contributed by atoms with E-state index in [2.05, 4.69) is 16.0 Å². The van der Waals surface area contributed by atoms with Gasteiger partial charge in [0, 0.05) is 42.4 Å². The molecule has 2 aliphatic heterocycles. The number of carbonyl (C=O) groups is 4. The van der Waals surface area contributed by atoms with Gasteiger partial charge < -0.3 is 20.3 Å². The number of benzene rings is 2. The fraction of sp³-hybridized carbons (Fsp3) is 0.407. The van der Waals surface area contributed by atoms with Crippen molar-refractivity contribution in [3.05, 3.63) is 63.7 Å². The highest BCUT2D eigenvalue weighted by Gasteiger charge is 2.39. The van der Waals surface area contributed by atoms with Gasteiger partial charge in [-0.1, -0.05) is 29.8 Å². The van der Waals surface area contributed by atoms with E-state index in [1.165, 1.54) is 4.90 Å². The molecule has 2 heterocycles. The van der Waals surface area contributed by atoms with Crippen molar-refractivity contribution in [3.63, 3.8) is 0 Å². The lowest BCUT2D eigenvalue weighted by atomic mass is 10.0. The van der Waals surface area contributed by atoms with Crippen molar-refractivity contribution < 1.29 is 23.9 Å². The molecular weight excluding hydrogens is 496 g/mol. The van der Waals surface area contributed by atoms with Crippen LogP contribution in [0.1, 0.15) is 46.3 Å². The number of carbonyl (C=O) groups excluding carboxylic acids is 4. The molecule has 3 N–H and O–H groups in total. The first-order chi connectivity index (χ1) is 17.9. The van der Waals surface area contributed by atoms with Crippen molar-refractivity contribution in [3.8, 4) is 0 Å². The largest absolute Gasteiger partial charge is 0.380 e. The summed E-state index contributed by atoms with van der Waals surface area (Å²) in [6.07, 6.45) is 2.29. The van der Waals surface area contributed by atoms with Crippen LogP contribution in [-0.2, 0) is 38.5 Å². The maximum atomic E-state index is 12.8. The average Bonchev–Trinajstić information content (AvgIpc) is 3.17. The Kier molecular flexibility index (Phi) is 8.91. The SMILES string of the molecule is CNCCOCCCc1ccc(NC(=O)Cc2ccc3c(c2)CN(C2CCC(=O)NC2=O)C3=O)cc1Cl. The first kappa shape index (κ1) is 26.8. The van der Waals surface area contributed by atoms with E-state index >= 15 is 0 Å². The highest BCUT2D eigenvalue weighted by molar-refractivity contribution is 6.31. The molecule has 9 nitrogen and oxygen atoms in total. The van der Waals surface area contributed by atoms with Crippen LogP contribution in [0.2, 0.25) is 5.02 Å². The summed E-state index contributed by atoms with van der Waals surface area (Å²) in [5.41, 5.74) is 3.66. The van der Waals surface area contributed by atoms with E-state index in [0.717, 1.165) is 36.1 Å². The highest BCUT2D eigenvalue weighted by atomic mass is 35.5. The second-order valence-electron chi connectivity index (χ2n) is 9.24. The topological polar surface area (TPSA) is 117 Å². The third kappa shape index (κ3) is 6.74. The molecule has 1 atom stereocenters. The fourth-order valence-electron chi connectivity index (χ4n) is 4.60. The third-order valence-corrected chi connectivity index (χ3v) is 6.87. The molecule has 0 aliphatic carbocycles. The van der Waals surface area contributed by atoms with Crippen molar-refractivity contribution in [2.45, 2.75) is 44.7 Å². The fourth-order valence-corrected chi connectivity index (χ4v) is 4.87. The van der Waals surface area contributed by atoms with Crippen LogP contribution in [0.25, 0.3) is 0 Å². The highest BCUT2D eigenvalue weighted by Crippen LogP contribution is 2.28. The summed E-state index contributed by atoms with van der Waals surface area (Å²) in [4.78, 5) is 50.7. The molecule has 10 heteroatoms. The Bertz CT molecular complexity index is 1200. The van der Waals surface area contributed by atoms with E-state index in [1.54, 1.807) is 18.2 Å². The summed E-state index contributed by atoms with van der Waals surface area (Å²) < 4.78 is 5.53. The predicted molar refractivity (Wildman–Crippen MR) is 139 cm³/mol. The van der Waals surface area contributed by atoms with Crippen molar-refractivity contribution in [2.24, 2.45) is 0 Å². The molecule has 1 saturated heterocycles. The Hall–Kier alpha value is -3.27. The minimum absolute atomic E-state index is 0.128. The quantitative estimate of drug-likeness (QED) is 0.306. The lowest BCUT2D eigenvalue weighted by molar-refractivity contribution is -0.137. The number of rotatable bonds is 11. The van der Waals surface area contributed by atoms with E-state index in [-0.39, 0.29) is 37.1 Å². The van der Waals surface area contributed by atoms with Crippen LogP contribution in [0, 0.1) is 0 Å². The van der Waals surface area contributed by atoms with Gasteiger partial charge in [-0.2, -0.15) is 0 Å². The monoisotopic (exact) mass is 526 g/mol. The van der Waals surface area contributed by atoms with Crippen LogP contribution in [0.5, 0.6) is 0 Å². The van der Waals surface area contributed by atoms with Gasteiger partial charge in [0.25, 0.3) is 5.91 Å². The lowest BCUT2D eigenvalue weighted by Gasteiger charge is -2.29. The minimum atomic E-state index is -0.664. The van der Waals surface area contributed by atoms with E-state index in [0.29, 0.717) is 35.9 Å². The second-order valence-corrected chi connectivity index (χ2v) is 9.65. The van der Waals surface area contributed by atoms with Gasteiger partial charge in [-0.25, -0.2) is 0 Å². The molecule has 0 aromatic heterocycles. The molecule has 0 spiro atoms. The summed E-state index contributed by atoms with van der Waals surface area (Å²) >= 11 is 6.42. The molecule has 37 heavy (non-hydrogen) atoms. The van der Waals surface area contributed by atoms with Crippen molar-refractivity contribution in [2.75, 3.05) is 32.1 Å². The number of hydrogen-bond acceptors (Lipinski definition) is 6.